The van der Waals surface area contributed by atoms with E-state index in [1.54, 1.807) is 10.9 Å². The second-order valence-electron chi connectivity index (χ2n) is 4.72. The molecule has 8 heteroatoms. The zero-order chi connectivity index (χ0) is 13.9. The average Bonchev–Trinajstić information content (AvgIpc) is 3.07. The van der Waals surface area contributed by atoms with Crippen molar-refractivity contribution in [2.45, 2.75) is 19.4 Å². The smallest absolute Gasteiger partial charge is 0.231 e. The Morgan fingerprint density at radius 1 is 1.25 bits per heavy atom. The van der Waals surface area contributed by atoms with E-state index in [9.17, 15) is 0 Å². The van der Waals surface area contributed by atoms with Crippen LogP contribution in [0.3, 0.4) is 0 Å². The lowest BCUT2D eigenvalue weighted by Crippen LogP contribution is -2.21. The number of anilines is 2. The van der Waals surface area contributed by atoms with Gasteiger partial charge < -0.3 is 10.2 Å². The third kappa shape index (κ3) is 2.82. The molecule has 0 atom stereocenters. The summed E-state index contributed by atoms with van der Waals surface area (Å²) >= 11 is 5.97. The first-order valence-corrected chi connectivity index (χ1v) is 6.97. The average molecular weight is 294 g/mol. The number of hydrogen-bond acceptors (Lipinski definition) is 6. The Kier molecular flexibility index (Phi) is 3.68. The van der Waals surface area contributed by atoms with E-state index in [1.165, 1.54) is 12.8 Å². The molecule has 2 aromatic rings. The van der Waals surface area contributed by atoms with Crippen molar-refractivity contribution in [3.05, 3.63) is 23.2 Å². The van der Waals surface area contributed by atoms with Gasteiger partial charge in [-0.3, -0.25) is 4.68 Å². The van der Waals surface area contributed by atoms with Gasteiger partial charge in [-0.1, -0.05) is 0 Å². The van der Waals surface area contributed by atoms with Gasteiger partial charge in [0.15, 0.2) is 0 Å². The van der Waals surface area contributed by atoms with Crippen LogP contribution in [0.15, 0.2) is 12.3 Å². The quantitative estimate of drug-likeness (QED) is 0.920. The number of aryl methyl sites for hydroxylation is 1. The summed E-state index contributed by atoms with van der Waals surface area (Å²) in [5.41, 5.74) is 1.05. The van der Waals surface area contributed by atoms with Crippen molar-refractivity contribution in [1.29, 1.82) is 0 Å². The highest BCUT2D eigenvalue weighted by Gasteiger charge is 2.16. The third-order valence-electron chi connectivity index (χ3n) is 3.34. The van der Waals surface area contributed by atoms with Crippen LogP contribution < -0.4 is 10.2 Å². The first-order chi connectivity index (χ1) is 9.72. The van der Waals surface area contributed by atoms with Crippen LogP contribution in [0.2, 0.25) is 5.28 Å². The first kappa shape index (κ1) is 13.1. The van der Waals surface area contributed by atoms with Crippen molar-refractivity contribution < 1.29 is 0 Å². The van der Waals surface area contributed by atoms with E-state index < -0.39 is 0 Å². The molecule has 3 rings (SSSR count). The van der Waals surface area contributed by atoms with E-state index >= 15 is 0 Å². The van der Waals surface area contributed by atoms with Gasteiger partial charge in [0, 0.05) is 26.3 Å². The van der Waals surface area contributed by atoms with E-state index in [2.05, 4.69) is 30.3 Å². The maximum Gasteiger partial charge on any atom is 0.231 e. The van der Waals surface area contributed by atoms with E-state index in [0.29, 0.717) is 18.4 Å². The standard InChI is InChI=1S/C12H16ClN7/c1-19-9(4-5-15-19)8-14-11-16-10(13)17-12(18-11)20-6-2-3-7-20/h4-5H,2-3,6-8H2,1H3,(H,14,16,17,18). The van der Waals surface area contributed by atoms with Crippen LogP contribution >= 0.6 is 11.6 Å². The van der Waals surface area contributed by atoms with Gasteiger partial charge in [-0.15, -0.1) is 0 Å². The molecule has 3 heterocycles. The number of nitrogens with zero attached hydrogens (tertiary/aromatic N) is 6. The van der Waals surface area contributed by atoms with E-state index in [1.807, 2.05) is 13.1 Å². The minimum absolute atomic E-state index is 0.217. The fourth-order valence-corrected chi connectivity index (χ4v) is 2.38. The predicted octanol–water partition coefficient (Wildman–Crippen LogP) is 1.47. The summed E-state index contributed by atoms with van der Waals surface area (Å²) < 4.78 is 1.80. The zero-order valence-electron chi connectivity index (χ0n) is 11.3. The summed E-state index contributed by atoms with van der Waals surface area (Å²) in [7, 11) is 1.90. The van der Waals surface area contributed by atoms with Crippen LogP contribution in [-0.2, 0) is 13.6 Å². The second-order valence-corrected chi connectivity index (χ2v) is 5.06. The Balaban J connectivity index is 1.74. The molecule has 0 aromatic carbocycles. The topological polar surface area (TPSA) is 71.8 Å². The maximum atomic E-state index is 5.97. The molecule has 0 bridgehead atoms. The fraction of sp³-hybridized carbons (Fsp3) is 0.500. The largest absolute Gasteiger partial charge is 0.348 e. The van der Waals surface area contributed by atoms with Crippen molar-refractivity contribution in [2.75, 3.05) is 23.3 Å². The lowest BCUT2D eigenvalue weighted by atomic mass is 10.4. The molecule has 0 spiro atoms. The summed E-state index contributed by atoms with van der Waals surface area (Å²) in [6.07, 6.45) is 4.09. The van der Waals surface area contributed by atoms with Gasteiger partial charge >= 0.3 is 0 Å². The van der Waals surface area contributed by atoms with Crippen LogP contribution in [0.25, 0.3) is 0 Å². The summed E-state index contributed by atoms with van der Waals surface area (Å²) in [6.45, 7) is 2.54. The molecule has 0 radical (unpaired) electrons. The lowest BCUT2D eigenvalue weighted by molar-refractivity contribution is 0.718. The van der Waals surface area contributed by atoms with Gasteiger partial charge in [0.2, 0.25) is 17.2 Å². The van der Waals surface area contributed by atoms with E-state index in [4.69, 9.17) is 11.6 Å². The van der Waals surface area contributed by atoms with Gasteiger partial charge in [-0.05, 0) is 30.5 Å². The Morgan fingerprint density at radius 3 is 2.75 bits per heavy atom. The highest BCUT2D eigenvalue weighted by atomic mass is 35.5. The molecule has 1 saturated heterocycles. The molecule has 1 fully saturated rings. The first-order valence-electron chi connectivity index (χ1n) is 6.59. The molecule has 0 saturated carbocycles. The molecule has 1 N–H and O–H groups in total. The van der Waals surface area contributed by atoms with Crippen molar-refractivity contribution >= 4 is 23.5 Å². The summed E-state index contributed by atoms with van der Waals surface area (Å²) in [5.74, 6) is 1.14. The highest BCUT2D eigenvalue weighted by Crippen LogP contribution is 2.18. The number of nitrogens with one attached hydrogen (secondary N) is 1. The van der Waals surface area contributed by atoms with Gasteiger partial charge in [0.1, 0.15) is 0 Å². The van der Waals surface area contributed by atoms with E-state index in [0.717, 1.165) is 18.8 Å². The predicted molar refractivity (Wildman–Crippen MR) is 76.8 cm³/mol. The molecule has 0 amide bonds. The minimum atomic E-state index is 0.217. The summed E-state index contributed by atoms with van der Waals surface area (Å²) in [4.78, 5) is 14.9. The Bertz CT molecular complexity index is 591. The van der Waals surface area contributed by atoms with Crippen LogP contribution in [0.4, 0.5) is 11.9 Å². The van der Waals surface area contributed by atoms with Gasteiger partial charge in [-0.25, -0.2) is 0 Å². The maximum absolute atomic E-state index is 5.97. The Hall–Kier alpha value is -1.89. The molecular weight excluding hydrogens is 278 g/mol. The molecule has 1 aliphatic heterocycles. The van der Waals surface area contributed by atoms with Crippen LogP contribution in [0.1, 0.15) is 18.5 Å². The Labute approximate surface area is 122 Å². The van der Waals surface area contributed by atoms with Crippen LogP contribution in [-0.4, -0.2) is 37.8 Å². The van der Waals surface area contributed by atoms with Crippen LogP contribution in [0.5, 0.6) is 0 Å². The van der Waals surface area contributed by atoms with Crippen molar-refractivity contribution in [2.24, 2.45) is 7.05 Å². The van der Waals surface area contributed by atoms with Gasteiger partial charge in [0.25, 0.3) is 0 Å². The third-order valence-corrected chi connectivity index (χ3v) is 3.50. The summed E-state index contributed by atoms with van der Waals surface area (Å²) in [6, 6.07) is 1.94. The fourth-order valence-electron chi connectivity index (χ4n) is 2.22. The highest BCUT2D eigenvalue weighted by molar-refractivity contribution is 6.28. The minimum Gasteiger partial charge on any atom is -0.348 e. The summed E-state index contributed by atoms with van der Waals surface area (Å²) in [5, 5.41) is 7.49. The number of aromatic nitrogens is 5. The van der Waals surface area contributed by atoms with Crippen molar-refractivity contribution in [3.8, 4) is 0 Å². The van der Waals surface area contributed by atoms with Crippen molar-refractivity contribution in [1.82, 2.24) is 24.7 Å². The zero-order valence-corrected chi connectivity index (χ0v) is 12.0. The Morgan fingerprint density at radius 2 is 2.05 bits per heavy atom. The molecule has 7 nitrogen and oxygen atoms in total. The molecule has 1 aliphatic rings. The molecule has 106 valence electrons. The molecule has 0 unspecified atom stereocenters. The lowest BCUT2D eigenvalue weighted by Gasteiger charge is -2.15. The molecule has 20 heavy (non-hydrogen) atoms. The molecule has 2 aromatic heterocycles. The monoisotopic (exact) mass is 293 g/mol. The normalized spacial score (nSPS) is 14.8. The number of halogens is 1. The molecular formula is C12H16ClN7. The second kappa shape index (κ2) is 5.62. The SMILES string of the molecule is Cn1nccc1CNc1nc(Cl)nc(N2CCCC2)n1. The molecule has 0 aliphatic carbocycles. The van der Waals surface area contributed by atoms with Gasteiger partial charge in [0.05, 0.1) is 12.2 Å². The number of rotatable bonds is 4. The van der Waals surface area contributed by atoms with Crippen LogP contribution in [0, 0.1) is 0 Å². The number of hydrogen-bond donors (Lipinski definition) is 1. The van der Waals surface area contributed by atoms with Gasteiger partial charge in [-0.2, -0.15) is 20.1 Å². The van der Waals surface area contributed by atoms with Crippen molar-refractivity contribution in [3.63, 3.8) is 0 Å². The van der Waals surface area contributed by atoms with E-state index in [-0.39, 0.29) is 5.28 Å².